The summed E-state index contributed by atoms with van der Waals surface area (Å²) >= 11 is 0. The Balaban J connectivity index is 2.47. The normalized spacial score (nSPS) is 12.4. The quantitative estimate of drug-likeness (QED) is 0.708. The van der Waals surface area contributed by atoms with Crippen molar-refractivity contribution < 1.29 is 9.53 Å². The molecule has 1 unspecified atom stereocenters. The SMILES string of the molecule is CCCn1ncnc1CNC(C)C(=O)OC. The van der Waals surface area contributed by atoms with Crippen molar-refractivity contribution in [2.24, 2.45) is 0 Å². The lowest BCUT2D eigenvalue weighted by atomic mass is 10.3. The van der Waals surface area contributed by atoms with Crippen LogP contribution in [0.5, 0.6) is 0 Å². The Morgan fingerprint density at radius 1 is 1.69 bits per heavy atom. The second-order valence-electron chi connectivity index (χ2n) is 3.53. The van der Waals surface area contributed by atoms with Crippen LogP contribution in [-0.2, 0) is 22.6 Å². The molecule has 0 radical (unpaired) electrons. The number of nitrogens with zero attached hydrogens (tertiary/aromatic N) is 3. The Bertz CT molecular complexity index is 337. The molecular weight excluding hydrogens is 208 g/mol. The lowest BCUT2D eigenvalue weighted by Gasteiger charge is -2.11. The van der Waals surface area contributed by atoms with Gasteiger partial charge in [-0.1, -0.05) is 6.92 Å². The van der Waals surface area contributed by atoms with Crippen LogP contribution >= 0.6 is 0 Å². The van der Waals surface area contributed by atoms with Gasteiger partial charge in [-0.05, 0) is 13.3 Å². The number of carbonyl (C=O) groups excluding carboxylic acids is 1. The van der Waals surface area contributed by atoms with Crippen molar-refractivity contribution in [2.45, 2.75) is 39.4 Å². The number of aromatic nitrogens is 3. The van der Waals surface area contributed by atoms with Gasteiger partial charge in [0.15, 0.2) is 0 Å². The van der Waals surface area contributed by atoms with Crippen molar-refractivity contribution in [1.82, 2.24) is 20.1 Å². The van der Waals surface area contributed by atoms with E-state index in [0.29, 0.717) is 6.54 Å². The molecule has 0 aliphatic rings. The van der Waals surface area contributed by atoms with Crippen LogP contribution < -0.4 is 5.32 Å². The summed E-state index contributed by atoms with van der Waals surface area (Å²) in [6, 6.07) is -0.336. The Hall–Kier alpha value is -1.43. The second-order valence-corrected chi connectivity index (χ2v) is 3.53. The number of aryl methyl sites for hydroxylation is 1. The first-order valence-electron chi connectivity index (χ1n) is 5.37. The maximum absolute atomic E-state index is 11.2. The third-order valence-corrected chi connectivity index (χ3v) is 2.25. The van der Waals surface area contributed by atoms with Gasteiger partial charge in [0.05, 0.1) is 13.7 Å². The fourth-order valence-corrected chi connectivity index (χ4v) is 1.33. The number of methoxy groups -OCH3 is 1. The molecule has 1 N–H and O–H groups in total. The van der Waals surface area contributed by atoms with Gasteiger partial charge in [-0.2, -0.15) is 5.10 Å². The van der Waals surface area contributed by atoms with Crippen LogP contribution in [0.2, 0.25) is 0 Å². The highest BCUT2D eigenvalue weighted by Gasteiger charge is 2.13. The molecule has 1 aromatic rings. The van der Waals surface area contributed by atoms with E-state index in [1.165, 1.54) is 13.4 Å². The van der Waals surface area contributed by atoms with Crippen LogP contribution in [0, 0.1) is 0 Å². The first kappa shape index (κ1) is 12.6. The van der Waals surface area contributed by atoms with Gasteiger partial charge >= 0.3 is 5.97 Å². The van der Waals surface area contributed by atoms with E-state index in [9.17, 15) is 4.79 Å². The molecule has 0 aliphatic carbocycles. The van der Waals surface area contributed by atoms with Crippen molar-refractivity contribution in [3.63, 3.8) is 0 Å². The molecule has 0 aromatic carbocycles. The highest BCUT2D eigenvalue weighted by molar-refractivity contribution is 5.74. The Labute approximate surface area is 95.0 Å². The van der Waals surface area contributed by atoms with E-state index in [0.717, 1.165) is 18.8 Å². The molecule has 0 aliphatic heterocycles. The Kier molecular flexibility index (Phi) is 4.91. The molecule has 1 rings (SSSR count). The fourth-order valence-electron chi connectivity index (χ4n) is 1.33. The zero-order chi connectivity index (χ0) is 12.0. The molecule has 0 fully saturated rings. The molecule has 6 nitrogen and oxygen atoms in total. The minimum atomic E-state index is -0.336. The van der Waals surface area contributed by atoms with Crippen LogP contribution in [0.25, 0.3) is 0 Å². The maximum atomic E-state index is 11.2. The summed E-state index contributed by atoms with van der Waals surface area (Å²) in [6.07, 6.45) is 2.53. The second kappa shape index (κ2) is 6.22. The lowest BCUT2D eigenvalue weighted by molar-refractivity contribution is -0.142. The molecule has 0 bridgehead atoms. The van der Waals surface area contributed by atoms with Gasteiger partial charge < -0.3 is 4.74 Å². The summed E-state index contributed by atoms with van der Waals surface area (Å²) in [5.74, 6) is 0.555. The van der Waals surface area contributed by atoms with E-state index in [-0.39, 0.29) is 12.0 Å². The van der Waals surface area contributed by atoms with E-state index >= 15 is 0 Å². The average Bonchev–Trinajstić information content (AvgIpc) is 2.73. The number of rotatable bonds is 6. The number of carbonyl (C=O) groups is 1. The van der Waals surface area contributed by atoms with Gasteiger partial charge in [0.2, 0.25) is 0 Å². The maximum Gasteiger partial charge on any atom is 0.322 e. The molecule has 16 heavy (non-hydrogen) atoms. The number of esters is 1. The molecule has 0 amide bonds. The molecule has 90 valence electrons. The summed E-state index contributed by atoms with van der Waals surface area (Å²) < 4.78 is 6.45. The number of hydrogen-bond donors (Lipinski definition) is 1. The van der Waals surface area contributed by atoms with E-state index < -0.39 is 0 Å². The van der Waals surface area contributed by atoms with E-state index in [1.54, 1.807) is 6.92 Å². The van der Waals surface area contributed by atoms with E-state index in [2.05, 4.69) is 27.1 Å². The van der Waals surface area contributed by atoms with Gasteiger partial charge in [-0.25, -0.2) is 9.67 Å². The highest BCUT2D eigenvalue weighted by Crippen LogP contribution is 1.97. The van der Waals surface area contributed by atoms with Crippen LogP contribution in [0.3, 0.4) is 0 Å². The zero-order valence-corrected chi connectivity index (χ0v) is 9.93. The summed E-state index contributed by atoms with van der Waals surface area (Å²) in [4.78, 5) is 15.3. The predicted molar refractivity (Wildman–Crippen MR) is 58.6 cm³/mol. The summed E-state index contributed by atoms with van der Waals surface area (Å²) in [7, 11) is 1.38. The third kappa shape index (κ3) is 3.30. The monoisotopic (exact) mass is 226 g/mol. The molecule has 1 atom stereocenters. The molecule has 0 saturated heterocycles. The standard InChI is InChI=1S/C10H18N4O2/c1-4-5-14-9(12-7-13-14)6-11-8(2)10(15)16-3/h7-8,11H,4-6H2,1-3H3. The van der Waals surface area contributed by atoms with Gasteiger partial charge in [0, 0.05) is 6.54 Å². The molecule has 6 heteroatoms. The van der Waals surface area contributed by atoms with Crippen LogP contribution in [0.4, 0.5) is 0 Å². The smallest absolute Gasteiger partial charge is 0.322 e. The van der Waals surface area contributed by atoms with Crippen LogP contribution in [-0.4, -0.2) is 33.9 Å². The molecular formula is C10H18N4O2. The first-order chi connectivity index (χ1) is 7.69. The van der Waals surface area contributed by atoms with Crippen molar-refractivity contribution in [1.29, 1.82) is 0 Å². The van der Waals surface area contributed by atoms with Crippen LogP contribution in [0.1, 0.15) is 26.1 Å². The van der Waals surface area contributed by atoms with Crippen molar-refractivity contribution >= 4 is 5.97 Å². The summed E-state index contributed by atoms with van der Waals surface area (Å²) in [6.45, 7) is 5.18. The van der Waals surface area contributed by atoms with Gasteiger partial charge in [0.25, 0.3) is 0 Å². The molecule has 1 heterocycles. The third-order valence-electron chi connectivity index (χ3n) is 2.25. The van der Waals surface area contributed by atoms with Gasteiger partial charge in [-0.15, -0.1) is 0 Å². The highest BCUT2D eigenvalue weighted by atomic mass is 16.5. The predicted octanol–water partition coefficient (Wildman–Crippen LogP) is 0.339. The lowest BCUT2D eigenvalue weighted by Crippen LogP contribution is -2.35. The zero-order valence-electron chi connectivity index (χ0n) is 9.93. The largest absolute Gasteiger partial charge is 0.468 e. The molecule has 0 spiro atoms. The van der Waals surface area contributed by atoms with Gasteiger partial charge in [-0.3, -0.25) is 10.1 Å². The minimum absolute atomic E-state index is 0.276. The fraction of sp³-hybridized carbons (Fsp3) is 0.700. The van der Waals surface area contributed by atoms with Gasteiger partial charge in [0.1, 0.15) is 18.2 Å². The number of hydrogen-bond acceptors (Lipinski definition) is 5. The number of ether oxygens (including phenoxy) is 1. The van der Waals surface area contributed by atoms with Crippen molar-refractivity contribution in [3.05, 3.63) is 12.2 Å². The van der Waals surface area contributed by atoms with E-state index in [4.69, 9.17) is 0 Å². The summed E-state index contributed by atoms with van der Waals surface area (Å²) in [5, 5.41) is 7.13. The minimum Gasteiger partial charge on any atom is -0.468 e. The topological polar surface area (TPSA) is 69.0 Å². The average molecular weight is 226 g/mol. The number of nitrogens with one attached hydrogen (secondary N) is 1. The first-order valence-corrected chi connectivity index (χ1v) is 5.37. The van der Waals surface area contributed by atoms with Crippen LogP contribution in [0.15, 0.2) is 6.33 Å². The van der Waals surface area contributed by atoms with Crippen molar-refractivity contribution in [2.75, 3.05) is 7.11 Å². The molecule has 0 saturated carbocycles. The molecule has 1 aromatic heterocycles. The summed E-state index contributed by atoms with van der Waals surface area (Å²) in [5.41, 5.74) is 0. The Morgan fingerprint density at radius 2 is 2.44 bits per heavy atom. The van der Waals surface area contributed by atoms with Crippen molar-refractivity contribution in [3.8, 4) is 0 Å². The van der Waals surface area contributed by atoms with E-state index in [1.807, 2.05) is 4.68 Å². The Morgan fingerprint density at radius 3 is 3.06 bits per heavy atom.